The second-order valence-corrected chi connectivity index (χ2v) is 9.90. The number of rotatable bonds is 8. The van der Waals surface area contributed by atoms with Crippen molar-refractivity contribution in [2.45, 2.75) is 52.2 Å². The largest absolute Gasteiger partial charge is 0.497 e. The van der Waals surface area contributed by atoms with Gasteiger partial charge in [0.25, 0.3) is 0 Å². The van der Waals surface area contributed by atoms with Crippen molar-refractivity contribution in [1.82, 2.24) is 20.3 Å². The van der Waals surface area contributed by atoms with Gasteiger partial charge in [0, 0.05) is 11.2 Å². The average molecular weight is 500 g/mol. The van der Waals surface area contributed by atoms with Gasteiger partial charge in [-0.1, -0.05) is 54.6 Å². The SMILES string of the molecule is CCc1ccccc1N(C(=O)Cn1nnc2ccccc21)[C@@H](C(=O)NC(C)(C)C)c1cccc(OC)c1. The third-order valence-corrected chi connectivity index (χ3v) is 6.02. The summed E-state index contributed by atoms with van der Waals surface area (Å²) in [5.41, 5.74) is 3.22. The zero-order chi connectivity index (χ0) is 26.6. The molecule has 0 aliphatic heterocycles. The second kappa shape index (κ2) is 10.8. The number of benzene rings is 3. The van der Waals surface area contributed by atoms with E-state index in [0.29, 0.717) is 28.9 Å². The smallest absolute Gasteiger partial charge is 0.249 e. The molecule has 0 aliphatic rings. The van der Waals surface area contributed by atoms with Crippen LogP contribution in [-0.4, -0.2) is 39.5 Å². The fraction of sp³-hybridized carbons (Fsp3) is 0.310. The Hall–Kier alpha value is -4.20. The van der Waals surface area contributed by atoms with Crippen molar-refractivity contribution in [3.8, 4) is 5.75 Å². The molecule has 8 heteroatoms. The molecule has 2 amide bonds. The van der Waals surface area contributed by atoms with E-state index in [-0.39, 0.29) is 18.4 Å². The van der Waals surface area contributed by atoms with E-state index >= 15 is 0 Å². The Labute approximate surface area is 217 Å². The van der Waals surface area contributed by atoms with Gasteiger partial charge in [-0.05, 0) is 68.7 Å². The van der Waals surface area contributed by atoms with Crippen LogP contribution in [0.5, 0.6) is 5.75 Å². The molecule has 4 aromatic rings. The van der Waals surface area contributed by atoms with E-state index in [1.54, 1.807) is 22.8 Å². The van der Waals surface area contributed by atoms with Crippen LogP contribution in [0.3, 0.4) is 0 Å². The number of methoxy groups -OCH3 is 1. The van der Waals surface area contributed by atoms with Crippen molar-refractivity contribution in [3.05, 3.63) is 83.9 Å². The number of nitrogens with one attached hydrogen (secondary N) is 1. The minimum absolute atomic E-state index is 0.0815. The molecule has 0 radical (unpaired) electrons. The number of amides is 2. The minimum atomic E-state index is -0.940. The van der Waals surface area contributed by atoms with E-state index in [4.69, 9.17) is 4.74 Å². The predicted molar refractivity (Wildman–Crippen MR) is 144 cm³/mol. The monoisotopic (exact) mass is 499 g/mol. The van der Waals surface area contributed by atoms with Crippen molar-refractivity contribution >= 4 is 28.5 Å². The quantitative estimate of drug-likeness (QED) is 0.380. The first-order valence-electron chi connectivity index (χ1n) is 12.4. The molecule has 0 saturated heterocycles. The number of nitrogens with zero attached hydrogens (tertiary/aromatic N) is 4. The Kier molecular flexibility index (Phi) is 7.57. The highest BCUT2D eigenvalue weighted by Gasteiger charge is 2.35. The molecule has 1 N–H and O–H groups in total. The molecule has 0 fully saturated rings. The first kappa shape index (κ1) is 25.9. The number of anilines is 1. The Bertz CT molecular complexity index is 1410. The number of aryl methyl sites for hydroxylation is 1. The fourth-order valence-electron chi connectivity index (χ4n) is 4.37. The van der Waals surface area contributed by atoms with Crippen molar-refractivity contribution in [3.63, 3.8) is 0 Å². The number of ether oxygens (including phenoxy) is 1. The van der Waals surface area contributed by atoms with Crippen LogP contribution < -0.4 is 15.0 Å². The summed E-state index contributed by atoms with van der Waals surface area (Å²) in [6.07, 6.45) is 0.692. The molecule has 3 aromatic carbocycles. The maximum atomic E-state index is 14.2. The number of hydrogen-bond donors (Lipinski definition) is 1. The topological polar surface area (TPSA) is 89.4 Å². The summed E-state index contributed by atoms with van der Waals surface area (Å²) in [5.74, 6) is 0.0291. The molecular weight excluding hydrogens is 466 g/mol. The molecule has 37 heavy (non-hydrogen) atoms. The molecule has 0 spiro atoms. The predicted octanol–water partition coefficient (Wildman–Crippen LogP) is 4.69. The van der Waals surface area contributed by atoms with Gasteiger partial charge in [0.05, 0.1) is 12.6 Å². The standard InChI is InChI=1S/C29H33N5O3/c1-6-20-12-7-9-16-24(20)34(26(35)19-33-25-17-10-8-15-23(25)31-32-33)27(28(36)30-29(2,3)4)21-13-11-14-22(18-21)37-5/h7-18,27H,6,19H2,1-5H3,(H,30,36)/t27-/m1/s1. The summed E-state index contributed by atoms with van der Waals surface area (Å²) in [4.78, 5) is 29.7. The molecule has 1 heterocycles. The first-order chi connectivity index (χ1) is 17.7. The lowest BCUT2D eigenvalue weighted by Gasteiger charge is -2.35. The Balaban J connectivity index is 1.87. The molecule has 8 nitrogen and oxygen atoms in total. The molecule has 0 unspecified atom stereocenters. The molecular formula is C29H33N5O3. The van der Waals surface area contributed by atoms with Gasteiger partial charge in [0.15, 0.2) is 0 Å². The summed E-state index contributed by atoms with van der Waals surface area (Å²) >= 11 is 0. The van der Waals surface area contributed by atoms with Crippen LogP contribution >= 0.6 is 0 Å². The van der Waals surface area contributed by atoms with E-state index in [2.05, 4.69) is 15.6 Å². The maximum Gasteiger partial charge on any atom is 0.249 e. The molecule has 4 rings (SSSR count). The average Bonchev–Trinajstić information content (AvgIpc) is 3.28. The summed E-state index contributed by atoms with van der Waals surface area (Å²) in [5, 5.41) is 11.5. The lowest BCUT2D eigenvalue weighted by Crippen LogP contribution is -2.50. The van der Waals surface area contributed by atoms with Crippen LogP contribution in [0.1, 0.15) is 44.9 Å². The summed E-state index contributed by atoms with van der Waals surface area (Å²) in [6, 6.07) is 21.5. The van der Waals surface area contributed by atoms with Crippen molar-refractivity contribution in [1.29, 1.82) is 0 Å². The van der Waals surface area contributed by atoms with E-state index in [0.717, 1.165) is 11.1 Å². The molecule has 0 saturated carbocycles. The molecule has 0 bridgehead atoms. The first-order valence-corrected chi connectivity index (χ1v) is 12.4. The number of carbonyl (C=O) groups is 2. The van der Waals surface area contributed by atoms with Crippen molar-refractivity contribution < 1.29 is 14.3 Å². The van der Waals surface area contributed by atoms with Gasteiger partial charge in [-0.25, -0.2) is 4.68 Å². The second-order valence-electron chi connectivity index (χ2n) is 9.90. The van der Waals surface area contributed by atoms with Crippen LogP contribution in [0, 0.1) is 0 Å². The van der Waals surface area contributed by atoms with Gasteiger partial charge in [-0.15, -0.1) is 5.10 Å². The highest BCUT2D eigenvalue weighted by atomic mass is 16.5. The third kappa shape index (κ3) is 5.80. The van der Waals surface area contributed by atoms with E-state index in [1.165, 1.54) is 0 Å². The number of hydrogen-bond acceptors (Lipinski definition) is 5. The third-order valence-electron chi connectivity index (χ3n) is 6.02. The minimum Gasteiger partial charge on any atom is -0.497 e. The highest BCUT2D eigenvalue weighted by molar-refractivity contribution is 6.02. The Morgan fingerprint density at radius 2 is 1.76 bits per heavy atom. The van der Waals surface area contributed by atoms with Crippen LogP contribution in [0.2, 0.25) is 0 Å². The Morgan fingerprint density at radius 3 is 2.49 bits per heavy atom. The molecule has 192 valence electrons. The van der Waals surface area contributed by atoms with Crippen LogP contribution in [0.15, 0.2) is 72.8 Å². The lowest BCUT2D eigenvalue weighted by molar-refractivity contribution is -0.128. The zero-order valence-corrected chi connectivity index (χ0v) is 21.9. The number of aromatic nitrogens is 3. The Morgan fingerprint density at radius 1 is 1.03 bits per heavy atom. The van der Waals surface area contributed by atoms with Gasteiger partial charge in [0.1, 0.15) is 23.9 Å². The molecule has 0 aliphatic carbocycles. The lowest BCUT2D eigenvalue weighted by atomic mass is 9.99. The van der Waals surface area contributed by atoms with Gasteiger partial charge in [-0.3, -0.25) is 14.5 Å². The van der Waals surface area contributed by atoms with Gasteiger partial charge in [-0.2, -0.15) is 0 Å². The van der Waals surface area contributed by atoms with E-state index in [1.807, 2.05) is 94.4 Å². The van der Waals surface area contributed by atoms with Crippen LogP contribution in [0.4, 0.5) is 5.69 Å². The van der Waals surface area contributed by atoms with E-state index in [9.17, 15) is 9.59 Å². The molecule has 1 atom stereocenters. The summed E-state index contributed by atoms with van der Waals surface area (Å²) in [6.45, 7) is 7.70. The normalized spacial score (nSPS) is 12.2. The highest BCUT2D eigenvalue weighted by Crippen LogP contribution is 2.33. The van der Waals surface area contributed by atoms with Crippen LogP contribution in [-0.2, 0) is 22.6 Å². The van der Waals surface area contributed by atoms with Gasteiger partial charge >= 0.3 is 0 Å². The molecule has 1 aromatic heterocycles. The number of fused-ring (bicyclic) bond motifs is 1. The van der Waals surface area contributed by atoms with Gasteiger partial charge < -0.3 is 10.1 Å². The van der Waals surface area contributed by atoms with Crippen molar-refractivity contribution in [2.24, 2.45) is 0 Å². The van der Waals surface area contributed by atoms with Crippen LogP contribution in [0.25, 0.3) is 11.0 Å². The van der Waals surface area contributed by atoms with Gasteiger partial charge in [0.2, 0.25) is 11.8 Å². The van der Waals surface area contributed by atoms with E-state index < -0.39 is 11.6 Å². The number of carbonyl (C=O) groups excluding carboxylic acids is 2. The summed E-state index contributed by atoms with van der Waals surface area (Å²) < 4.78 is 7.03. The maximum absolute atomic E-state index is 14.2. The fourth-order valence-corrected chi connectivity index (χ4v) is 4.37. The zero-order valence-electron chi connectivity index (χ0n) is 21.9. The number of para-hydroxylation sites is 2. The summed E-state index contributed by atoms with van der Waals surface area (Å²) in [7, 11) is 1.58. The van der Waals surface area contributed by atoms with Crippen molar-refractivity contribution in [2.75, 3.05) is 12.0 Å².